The van der Waals surface area contributed by atoms with Crippen LogP contribution >= 0.6 is 11.6 Å². The molecular weight excluding hydrogens is 346 g/mol. The molecule has 0 atom stereocenters. The van der Waals surface area contributed by atoms with Gasteiger partial charge in [0.25, 0.3) is 5.56 Å². The molecule has 134 valence electrons. The first-order valence-electron chi connectivity index (χ1n) is 9.21. The van der Waals surface area contributed by atoms with Crippen LogP contribution in [0.25, 0.3) is 10.9 Å². The lowest BCUT2D eigenvalue weighted by atomic mass is 9.96. The number of hydrogen-bond acceptors (Lipinski definition) is 3. The number of anilines is 1. The maximum atomic E-state index is 13.1. The van der Waals surface area contributed by atoms with Crippen LogP contribution in [0.2, 0.25) is 5.02 Å². The predicted octanol–water partition coefficient (Wildman–Crippen LogP) is 4.84. The van der Waals surface area contributed by atoms with Crippen molar-refractivity contribution in [1.29, 1.82) is 0 Å². The molecule has 26 heavy (non-hydrogen) atoms. The summed E-state index contributed by atoms with van der Waals surface area (Å²) in [4.78, 5) is 17.9. The van der Waals surface area contributed by atoms with Crippen molar-refractivity contribution in [2.45, 2.75) is 44.7 Å². The number of fused-ring (bicyclic) bond motifs is 1. The van der Waals surface area contributed by atoms with Gasteiger partial charge in [0.1, 0.15) is 0 Å². The fraction of sp³-hybridized carbons (Fsp3) is 0.333. The first-order chi connectivity index (χ1) is 12.7. The summed E-state index contributed by atoms with van der Waals surface area (Å²) in [7, 11) is 0. The van der Waals surface area contributed by atoms with Crippen molar-refractivity contribution in [1.82, 2.24) is 9.55 Å². The summed E-state index contributed by atoms with van der Waals surface area (Å²) < 4.78 is 1.75. The molecule has 1 fully saturated rings. The number of nitrogens with zero attached hydrogens (tertiary/aromatic N) is 2. The Morgan fingerprint density at radius 1 is 1.04 bits per heavy atom. The van der Waals surface area contributed by atoms with Gasteiger partial charge in [-0.2, -0.15) is 0 Å². The first kappa shape index (κ1) is 17.1. The Kier molecular flexibility index (Phi) is 4.93. The molecule has 5 heteroatoms. The van der Waals surface area contributed by atoms with Crippen molar-refractivity contribution < 1.29 is 0 Å². The van der Waals surface area contributed by atoms with Crippen LogP contribution in [0.5, 0.6) is 0 Å². The normalized spacial score (nSPS) is 15.3. The molecule has 1 aliphatic carbocycles. The number of rotatable bonds is 4. The minimum atomic E-state index is -0.0103. The van der Waals surface area contributed by atoms with E-state index in [4.69, 9.17) is 16.6 Å². The van der Waals surface area contributed by atoms with Gasteiger partial charge in [0.2, 0.25) is 5.95 Å². The lowest BCUT2D eigenvalue weighted by molar-refractivity contribution is 0.458. The Hall–Kier alpha value is -2.33. The van der Waals surface area contributed by atoms with Gasteiger partial charge in [-0.3, -0.25) is 9.36 Å². The third-order valence-corrected chi connectivity index (χ3v) is 5.31. The Bertz CT molecular complexity index is 959. The van der Waals surface area contributed by atoms with Gasteiger partial charge in [-0.1, -0.05) is 55.1 Å². The summed E-state index contributed by atoms with van der Waals surface area (Å²) in [5.74, 6) is 0.663. The molecule has 0 aliphatic heterocycles. The number of benzene rings is 2. The smallest absolute Gasteiger partial charge is 0.263 e. The highest BCUT2D eigenvalue weighted by Gasteiger charge is 2.17. The molecule has 4 nitrogen and oxygen atoms in total. The van der Waals surface area contributed by atoms with Gasteiger partial charge >= 0.3 is 0 Å². The van der Waals surface area contributed by atoms with E-state index in [1.165, 1.54) is 19.3 Å². The lowest BCUT2D eigenvalue weighted by Gasteiger charge is -2.25. The van der Waals surface area contributed by atoms with E-state index >= 15 is 0 Å². The van der Waals surface area contributed by atoms with Crippen molar-refractivity contribution in [3.05, 3.63) is 69.5 Å². The number of hydrogen-bond donors (Lipinski definition) is 1. The van der Waals surface area contributed by atoms with E-state index < -0.39 is 0 Å². The van der Waals surface area contributed by atoms with Crippen molar-refractivity contribution in [2.75, 3.05) is 5.32 Å². The Labute approximate surface area is 157 Å². The molecule has 4 rings (SSSR count). The van der Waals surface area contributed by atoms with Crippen LogP contribution in [-0.2, 0) is 6.54 Å². The fourth-order valence-electron chi connectivity index (χ4n) is 3.63. The zero-order valence-corrected chi connectivity index (χ0v) is 15.4. The molecule has 1 heterocycles. The van der Waals surface area contributed by atoms with Crippen LogP contribution < -0.4 is 10.9 Å². The van der Waals surface area contributed by atoms with Gasteiger partial charge in [-0.05, 0) is 42.7 Å². The molecule has 0 amide bonds. The standard InChI is InChI=1S/C21H22ClN3O/c22-16-12-10-15(11-13-16)14-25-20(26)18-8-4-5-9-19(18)24-21(25)23-17-6-2-1-3-7-17/h4-5,8-13,17H,1-3,6-7,14H2,(H,23,24). The molecule has 2 aromatic carbocycles. The quantitative estimate of drug-likeness (QED) is 0.717. The molecule has 1 N–H and O–H groups in total. The van der Waals surface area contributed by atoms with E-state index in [9.17, 15) is 4.79 Å². The maximum absolute atomic E-state index is 13.1. The Morgan fingerprint density at radius 3 is 2.54 bits per heavy atom. The minimum Gasteiger partial charge on any atom is -0.353 e. The van der Waals surface area contributed by atoms with Gasteiger partial charge in [-0.15, -0.1) is 0 Å². The fourth-order valence-corrected chi connectivity index (χ4v) is 3.75. The number of nitrogens with one attached hydrogen (secondary N) is 1. The number of para-hydroxylation sites is 1. The average Bonchev–Trinajstić information content (AvgIpc) is 2.67. The first-order valence-corrected chi connectivity index (χ1v) is 9.59. The number of halogens is 1. The highest BCUT2D eigenvalue weighted by atomic mass is 35.5. The SMILES string of the molecule is O=c1c2ccccc2nc(NC2CCCCC2)n1Cc1ccc(Cl)cc1. The van der Waals surface area contributed by atoms with E-state index in [0.29, 0.717) is 28.9 Å². The molecule has 3 aromatic rings. The molecule has 1 aliphatic rings. The summed E-state index contributed by atoms with van der Waals surface area (Å²) in [5.41, 5.74) is 1.76. The second-order valence-corrected chi connectivity index (χ2v) is 7.39. The monoisotopic (exact) mass is 367 g/mol. The van der Waals surface area contributed by atoms with Gasteiger partial charge in [0.15, 0.2) is 0 Å². The van der Waals surface area contributed by atoms with Crippen LogP contribution in [0.3, 0.4) is 0 Å². The van der Waals surface area contributed by atoms with E-state index in [-0.39, 0.29) is 5.56 Å². The van der Waals surface area contributed by atoms with Crippen molar-refractivity contribution in [2.24, 2.45) is 0 Å². The maximum Gasteiger partial charge on any atom is 0.263 e. The van der Waals surface area contributed by atoms with Crippen LogP contribution in [0.1, 0.15) is 37.7 Å². The highest BCUT2D eigenvalue weighted by molar-refractivity contribution is 6.30. The lowest BCUT2D eigenvalue weighted by Crippen LogP contribution is -2.30. The zero-order valence-electron chi connectivity index (χ0n) is 14.6. The van der Waals surface area contributed by atoms with Crippen LogP contribution in [0.4, 0.5) is 5.95 Å². The topological polar surface area (TPSA) is 46.9 Å². The second kappa shape index (κ2) is 7.50. The highest BCUT2D eigenvalue weighted by Crippen LogP contribution is 2.22. The van der Waals surface area contributed by atoms with Gasteiger partial charge in [-0.25, -0.2) is 4.98 Å². The molecule has 0 bridgehead atoms. The van der Waals surface area contributed by atoms with Crippen molar-refractivity contribution >= 4 is 28.5 Å². The van der Waals surface area contributed by atoms with E-state index in [0.717, 1.165) is 23.9 Å². The van der Waals surface area contributed by atoms with Crippen LogP contribution in [0.15, 0.2) is 53.3 Å². The van der Waals surface area contributed by atoms with Crippen molar-refractivity contribution in [3.8, 4) is 0 Å². The largest absolute Gasteiger partial charge is 0.353 e. The predicted molar refractivity (Wildman–Crippen MR) is 107 cm³/mol. The summed E-state index contributed by atoms with van der Waals surface area (Å²) in [6, 6.07) is 15.5. The van der Waals surface area contributed by atoms with E-state index in [1.54, 1.807) is 4.57 Å². The summed E-state index contributed by atoms with van der Waals surface area (Å²) in [6.45, 7) is 0.475. The van der Waals surface area contributed by atoms with E-state index in [1.807, 2.05) is 48.5 Å². The van der Waals surface area contributed by atoms with Crippen LogP contribution in [-0.4, -0.2) is 15.6 Å². The second-order valence-electron chi connectivity index (χ2n) is 6.95. The summed E-state index contributed by atoms with van der Waals surface area (Å²) in [6.07, 6.45) is 6.01. The molecule has 0 spiro atoms. The molecule has 0 saturated heterocycles. The molecule has 1 aromatic heterocycles. The summed E-state index contributed by atoms with van der Waals surface area (Å²) >= 11 is 5.99. The molecule has 0 radical (unpaired) electrons. The van der Waals surface area contributed by atoms with E-state index in [2.05, 4.69) is 5.32 Å². The van der Waals surface area contributed by atoms with Crippen LogP contribution in [0, 0.1) is 0 Å². The van der Waals surface area contributed by atoms with Gasteiger partial charge < -0.3 is 5.32 Å². The Morgan fingerprint density at radius 2 is 1.77 bits per heavy atom. The van der Waals surface area contributed by atoms with Gasteiger partial charge in [0.05, 0.1) is 17.4 Å². The Balaban J connectivity index is 1.76. The average molecular weight is 368 g/mol. The molecule has 1 saturated carbocycles. The number of aromatic nitrogens is 2. The molecule has 0 unspecified atom stereocenters. The third-order valence-electron chi connectivity index (χ3n) is 5.05. The third kappa shape index (κ3) is 3.61. The summed E-state index contributed by atoms with van der Waals surface area (Å²) in [5, 5.41) is 4.88. The molecular formula is C21H22ClN3O. The van der Waals surface area contributed by atoms with Gasteiger partial charge in [0, 0.05) is 11.1 Å². The van der Waals surface area contributed by atoms with Crippen molar-refractivity contribution in [3.63, 3.8) is 0 Å². The minimum absolute atomic E-state index is 0.0103. The zero-order chi connectivity index (χ0) is 17.9.